The number of carbonyl (C=O) groups is 3. The Hall–Kier alpha value is -2.84. The maximum Gasteiger partial charge on any atom is 0.263 e. The van der Waals surface area contributed by atoms with Crippen LogP contribution < -0.4 is 0 Å². The van der Waals surface area contributed by atoms with Crippen LogP contribution in [0.5, 0.6) is 0 Å². The van der Waals surface area contributed by atoms with Crippen LogP contribution in [0, 0.1) is 17.8 Å². The molecule has 4 aliphatic rings. The summed E-state index contributed by atoms with van der Waals surface area (Å²) in [5, 5.41) is 10.5. The number of hydrazone groups is 1. The monoisotopic (exact) mass is 491 g/mol. The van der Waals surface area contributed by atoms with Crippen molar-refractivity contribution in [3.8, 4) is 0 Å². The minimum atomic E-state index is -0.328. The molecule has 1 saturated carbocycles. The van der Waals surface area contributed by atoms with Gasteiger partial charge in [0, 0.05) is 15.7 Å². The number of thiophene rings is 2. The maximum atomic E-state index is 13.6. The summed E-state index contributed by atoms with van der Waals surface area (Å²) >= 11 is 3.31. The molecule has 0 N–H and O–H groups in total. The minimum Gasteiger partial charge on any atom is -0.274 e. The molecule has 8 heteroatoms. The summed E-state index contributed by atoms with van der Waals surface area (Å²) in [5.74, 6) is -1.26. The lowest BCUT2D eigenvalue weighted by atomic mass is 9.79. The Kier molecular flexibility index (Phi) is 5.57. The average Bonchev–Trinajstić information content (AvgIpc) is 3.64. The van der Waals surface area contributed by atoms with Crippen molar-refractivity contribution in [2.75, 3.05) is 6.54 Å². The van der Waals surface area contributed by atoms with E-state index >= 15 is 0 Å². The summed E-state index contributed by atoms with van der Waals surface area (Å²) in [7, 11) is 0. The van der Waals surface area contributed by atoms with E-state index in [4.69, 9.17) is 5.10 Å². The first-order valence-electron chi connectivity index (χ1n) is 11.8. The van der Waals surface area contributed by atoms with Gasteiger partial charge in [-0.05, 0) is 66.6 Å². The third-order valence-electron chi connectivity index (χ3n) is 7.34. The van der Waals surface area contributed by atoms with Crippen molar-refractivity contribution >= 4 is 52.2 Å². The van der Waals surface area contributed by atoms with Crippen LogP contribution in [0.2, 0.25) is 0 Å². The lowest BCUT2D eigenvalue weighted by Gasteiger charge is -2.29. The van der Waals surface area contributed by atoms with Gasteiger partial charge in [-0.15, -0.1) is 22.7 Å². The van der Waals surface area contributed by atoms with Gasteiger partial charge < -0.3 is 0 Å². The highest BCUT2D eigenvalue weighted by Gasteiger charge is 2.50. The lowest BCUT2D eigenvalue weighted by Crippen LogP contribution is -2.42. The highest BCUT2D eigenvalue weighted by Crippen LogP contribution is 2.46. The first-order valence-corrected chi connectivity index (χ1v) is 13.6. The summed E-state index contributed by atoms with van der Waals surface area (Å²) in [5.41, 5.74) is 2.16. The third-order valence-corrected chi connectivity index (χ3v) is 9.11. The topological polar surface area (TPSA) is 70.1 Å². The lowest BCUT2D eigenvalue weighted by molar-refractivity contribution is -0.147. The molecule has 2 aromatic heterocycles. The molecule has 174 valence electrons. The Bertz CT molecular complexity index is 1190. The molecule has 3 amide bonds. The molecule has 0 radical (unpaired) electrons. The molecule has 4 heterocycles. The molecule has 0 spiro atoms. The number of hydrogen-bond acceptors (Lipinski definition) is 6. The van der Waals surface area contributed by atoms with Crippen LogP contribution in [0.15, 0.2) is 57.9 Å². The molecule has 2 aromatic rings. The molecule has 4 unspecified atom stereocenters. The Balaban J connectivity index is 1.31. The van der Waals surface area contributed by atoms with Gasteiger partial charge in [-0.25, -0.2) is 5.01 Å². The highest BCUT2D eigenvalue weighted by atomic mass is 32.1. The summed E-state index contributed by atoms with van der Waals surface area (Å²) < 4.78 is 0. The van der Waals surface area contributed by atoms with Gasteiger partial charge in [-0.3, -0.25) is 19.3 Å². The van der Waals surface area contributed by atoms with Crippen molar-refractivity contribution in [3.05, 3.63) is 62.5 Å². The molecule has 1 saturated heterocycles. The van der Waals surface area contributed by atoms with Crippen molar-refractivity contribution in [2.24, 2.45) is 22.9 Å². The summed E-state index contributed by atoms with van der Waals surface area (Å²) in [6.07, 6.45) is 10.2. The van der Waals surface area contributed by atoms with Gasteiger partial charge in [-0.1, -0.05) is 24.3 Å². The number of carbonyl (C=O) groups excluding carboxylic acids is 3. The predicted octanol–water partition coefficient (Wildman–Crippen LogP) is 4.88. The van der Waals surface area contributed by atoms with Crippen LogP contribution in [-0.4, -0.2) is 39.9 Å². The van der Waals surface area contributed by atoms with E-state index in [0.29, 0.717) is 12.8 Å². The number of amides is 3. The first-order chi connectivity index (χ1) is 16.6. The van der Waals surface area contributed by atoms with Crippen molar-refractivity contribution < 1.29 is 14.4 Å². The first kappa shape index (κ1) is 21.7. The zero-order valence-corrected chi connectivity index (χ0v) is 20.3. The van der Waals surface area contributed by atoms with Gasteiger partial charge in [-0.2, -0.15) is 5.10 Å². The smallest absolute Gasteiger partial charge is 0.263 e. The van der Waals surface area contributed by atoms with Gasteiger partial charge in [0.25, 0.3) is 5.91 Å². The van der Waals surface area contributed by atoms with Crippen molar-refractivity contribution in [1.82, 2.24) is 9.91 Å². The van der Waals surface area contributed by atoms with Crippen molar-refractivity contribution in [1.29, 1.82) is 0 Å². The predicted molar refractivity (Wildman–Crippen MR) is 133 cm³/mol. The normalized spacial score (nSPS) is 29.5. The van der Waals surface area contributed by atoms with Crippen LogP contribution in [0.3, 0.4) is 0 Å². The number of rotatable bonds is 4. The molecular weight excluding hydrogens is 466 g/mol. The van der Waals surface area contributed by atoms with E-state index in [2.05, 4.69) is 23.6 Å². The summed E-state index contributed by atoms with van der Waals surface area (Å²) in [4.78, 5) is 43.0. The quantitative estimate of drug-likeness (QED) is 0.452. The van der Waals surface area contributed by atoms with Crippen LogP contribution >= 0.6 is 22.7 Å². The highest BCUT2D eigenvalue weighted by molar-refractivity contribution is 7.11. The van der Waals surface area contributed by atoms with Crippen LogP contribution in [-0.2, 0) is 14.4 Å². The van der Waals surface area contributed by atoms with Gasteiger partial charge in [0.1, 0.15) is 6.54 Å². The van der Waals surface area contributed by atoms with Gasteiger partial charge >= 0.3 is 0 Å². The summed E-state index contributed by atoms with van der Waals surface area (Å²) in [6, 6.07) is 7.99. The Morgan fingerprint density at radius 1 is 1.03 bits per heavy atom. The fraction of sp³-hybridized carbons (Fsp3) is 0.385. The number of imide groups is 1. The Morgan fingerprint density at radius 3 is 2.44 bits per heavy atom. The molecular formula is C26H25N3O3S2. The van der Waals surface area contributed by atoms with Crippen LogP contribution in [0.25, 0.3) is 6.08 Å². The molecule has 2 fully saturated rings. The van der Waals surface area contributed by atoms with Gasteiger partial charge in [0.15, 0.2) is 0 Å². The number of nitrogens with zero attached hydrogens (tertiary/aromatic N) is 3. The van der Waals surface area contributed by atoms with Crippen molar-refractivity contribution in [2.45, 2.75) is 38.1 Å². The molecule has 6 rings (SSSR count). The molecule has 34 heavy (non-hydrogen) atoms. The fourth-order valence-corrected chi connectivity index (χ4v) is 7.28. The Labute approximate surface area is 206 Å². The van der Waals surface area contributed by atoms with E-state index in [0.717, 1.165) is 29.9 Å². The zero-order chi connectivity index (χ0) is 23.2. The van der Waals surface area contributed by atoms with Crippen LogP contribution in [0.4, 0.5) is 0 Å². The van der Waals surface area contributed by atoms with Crippen molar-refractivity contribution in [3.63, 3.8) is 0 Å². The zero-order valence-electron chi connectivity index (χ0n) is 18.6. The van der Waals surface area contributed by atoms with E-state index in [-0.39, 0.29) is 48.1 Å². The van der Waals surface area contributed by atoms with Crippen LogP contribution in [0.1, 0.15) is 47.9 Å². The van der Waals surface area contributed by atoms with E-state index < -0.39 is 0 Å². The molecule has 0 bridgehead atoms. The maximum absolute atomic E-state index is 13.6. The SMILES string of the molecule is O=C1C2CC=CCC2C(=O)N1CC(=O)N1N=C2/C(=C\c3cccs3)CCCC2C1c1cccs1. The number of hydrogen-bond donors (Lipinski definition) is 0. The molecule has 2 aliphatic carbocycles. The van der Waals surface area contributed by atoms with E-state index in [1.165, 1.54) is 15.4 Å². The second-order valence-corrected chi connectivity index (χ2v) is 11.2. The van der Waals surface area contributed by atoms with E-state index in [9.17, 15) is 14.4 Å². The minimum absolute atomic E-state index is 0.124. The molecule has 0 aromatic carbocycles. The third kappa shape index (κ3) is 3.60. The van der Waals surface area contributed by atoms with Gasteiger partial charge in [0.2, 0.25) is 11.8 Å². The second kappa shape index (κ2) is 8.74. The number of likely N-dealkylation sites (tertiary alicyclic amines) is 1. The van der Waals surface area contributed by atoms with E-state index in [1.807, 2.05) is 29.7 Å². The number of fused-ring (bicyclic) bond motifs is 2. The molecule has 6 nitrogen and oxygen atoms in total. The largest absolute Gasteiger partial charge is 0.274 e. The Morgan fingerprint density at radius 2 is 1.76 bits per heavy atom. The number of allylic oxidation sites excluding steroid dienone is 3. The fourth-order valence-electron chi connectivity index (χ4n) is 5.72. The molecule has 2 aliphatic heterocycles. The summed E-state index contributed by atoms with van der Waals surface area (Å²) in [6.45, 7) is -0.236. The average molecular weight is 492 g/mol. The van der Waals surface area contributed by atoms with E-state index in [1.54, 1.807) is 27.7 Å². The molecule has 4 atom stereocenters. The standard InChI is InChI=1S/C26H25N3O3S2/c30-22(15-28-25(31)18-8-1-2-9-19(18)26(28)32)29-24(21-11-5-13-34-21)20-10-3-6-16(23(20)27-29)14-17-7-4-12-33-17/h1-2,4-5,7,11-14,18-20,24H,3,6,8-10,15H2/b16-14-. The second-order valence-electron chi connectivity index (χ2n) is 9.29. The van der Waals surface area contributed by atoms with Gasteiger partial charge in [0.05, 0.1) is 23.6 Å².